The molecule has 0 radical (unpaired) electrons. The van der Waals surface area contributed by atoms with Crippen LogP contribution in [0.4, 0.5) is 0 Å². The highest BCUT2D eigenvalue weighted by Crippen LogP contribution is 2.38. The number of benzene rings is 1. The average molecular weight is 287 g/mol. The van der Waals surface area contributed by atoms with Gasteiger partial charge in [0, 0.05) is 12.1 Å². The van der Waals surface area contributed by atoms with Crippen molar-refractivity contribution in [3.8, 4) is 0 Å². The molecular formula is C20H33N. The van der Waals surface area contributed by atoms with Crippen molar-refractivity contribution in [1.82, 2.24) is 5.32 Å². The van der Waals surface area contributed by atoms with E-state index in [1.165, 1.54) is 37.7 Å². The molecule has 118 valence electrons. The lowest BCUT2D eigenvalue weighted by molar-refractivity contribution is 0.122. The van der Waals surface area contributed by atoms with Gasteiger partial charge in [-0.25, -0.2) is 0 Å². The normalized spacial score (nSPS) is 24.8. The van der Waals surface area contributed by atoms with E-state index >= 15 is 0 Å². The van der Waals surface area contributed by atoms with E-state index in [9.17, 15) is 0 Å². The number of hydrogen-bond donors (Lipinski definition) is 1. The molecule has 0 aliphatic heterocycles. The van der Waals surface area contributed by atoms with Crippen LogP contribution in [0.1, 0.15) is 65.4 Å². The summed E-state index contributed by atoms with van der Waals surface area (Å²) in [7, 11) is 0. The zero-order valence-corrected chi connectivity index (χ0v) is 14.4. The molecule has 1 nitrogen and oxygen atoms in total. The van der Waals surface area contributed by atoms with Gasteiger partial charge in [-0.15, -0.1) is 0 Å². The fourth-order valence-corrected chi connectivity index (χ4v) is 3.89. The van der Waals surface area contributed by atoms with E-state index in [0.717, 1.165) is 12.3 Å². The van der Waals surface area contributed by atoms with E-state index in [-0.39, 0.29) is 0 Å². The van der Waals surface area contributed by atoms with Crippen molar-refractivity contribution < 1.29 is 0 Å². The standard InChI is InChI=1S/C20H33N/c1-5-17(15-16-11-7-6-8-12-16)21-19-14-10-9-13-18(19)20(2,3)4/h6-8,11-12,17-19,21H,5,9-10,13-15H2,1-4H3. The van der Waals surface area contributed by atoms with Crippen LogP contribution in [0.3, 0.4) is 0 Å². The molecule has 0 saturated heterocycles. The van der Waals surface area contributed by atoms with Gasteiger partial charge >= 0.3 is 0 Å². The second kappa shape index (κ2) is 7.45. The molecule has 3 atom stereocenters. The van der Waals surface area contributed by atoms with Crippen LogP contribution in [0.2, 0.25) is 0 Å². The zero-order valence-electron chi connectivity index (χ0n) is 14.4. The second-order valence-electron chi connectivity index (χ2n) is 7.83. The van der Waals surface area contributed by atoms with Crippen LogP contribution in [0.15, 0.2) is 30.3 Å². The van der Waals surface area contributed by atoms with E-state index < -0.39 is 0 Å². The third-order valence-electron chi connectivity index (χ3n) is 5.15. The molecule has 1 fully saturated rings. The van der Waals surface area contributed by atoms with Crippen molar-refractivity contribution in [3.63, 3.8) is 0 Å². The summed E-state index contributed by atoms with van der Waals surface area (Å²) in [5.41, 5.74) is 1.88. The van der Waals surface area contributed by atoms with Gasteiger partial charge in [0.05, 0.1) is 0 Å². The Morgan fingerprint density at radius 2 is 1.76 bits per heavy atom. The lowest BCUT2D eigenvalue weighted by Crippen LogP contribution is -2.48. The molecule has 1 aliphatic carbocycles. The molecule has 1 heteroatoms. The topological polar surface area (TPSA) is 12.0 Å². The maximum atomic E-state index is 4.01. The van der Waals surface area contributed by atoms with E-state index in [2.05, 4.69) is 63.3 Å². The van der Waals surface area contributed by atoms with Crippen molar-refractivity contribution >= 4 is 0 Å². The van der Waals surface area contributed by atoms with Gasteiger partial charge in [-0.1, -0.05) is 70.9 Å². The summed E-state index contributed by atoms with van der Waals surface area (Å²) in [4.78, 5) is 0. The van der Waals surface area contributed by atoms with Crippen LogP contribution in [0.5, 0.6) is 0 Å². The van der Waals surface area contributed by atoms with Gasteiger partial charge < -0.3 is 5.32 Å². The highest BCUT2D eigenvalue weighted by molar-refractivity contribution is 5.16. The Bertz CT molecular complexity index is 404. The predicted molar refractivity (Wildman–Crippen MR) is 92.6 cm³/mol. The monoisotopic (exact) mass is 287 g/mol. The molecule has 1 aliphatic rings. The maximum absolute atomic E-state index is 4.01. The fraction of sp³-hybridized carbons (Fsp3) is 0.700. The quantitative estimate of drug-likeness (QED) is 0.784. The van der Waals surface area contributed by atoms with E-state index in [1.54, 1.807) is 0 Å². The van der Waals surface area contributed by atoms with Crippen LogP contribution in [-0.2, 0) is 6.42 Å². The van der Waals surface area contributed by atoms with Crippen LogP contribution >= 0.6 is 0 Å². The van der Waals surface area contributed by atoms with Gasteiger partial charge in [0.2, 0.25) is 0 Å². The Kier molecular flexibility index (Phi) is 5.87. The van der Waals surface area contributed by atoms with Gasteiger partial charge in [0.1, 0.15) is 0 Å². The predicted octanol–water partition coefficient (Wildman–Crippen LogP) is 5.20. The molecule has 1 aromatic rings. The Labute approximate surface area is 131 Å². The molecule has 0 bridgehead atoms. The molecule has 1 N–H and O–H groups in total. The Balaban J connectivity index is 1.99. The Morgan fingerprint density at radius 3 is 2.38 bits per heavy atom. The summed E-state index contributed by atoms with van der Waals surface area (Å²) in [5, 5.41) is 4.01. The first-order valence-corrected chi connectivity index (χ1v) is 8.80. The van der Waals surface area contributed by atoms with Gasteiger partial charge in [0.25, 0.3) is 0 Å². The Morgan fingerprint density at radius 1 is 1.10 bits per heavy atom. The van der Waals surface area contributed by atoms with Gasteiger partial charge in [0.15, 0.2) is 0 Å². The summed E-state index contributed by atoms with van der Waals surface area (Å²) in [6.07, 6.45) is 7.92. The summed E-state index contributed by atoms with van der Waals surface area (Å²) in [6.45, 7) is 9.55. The first-order valence-electron chi connectivity index (χ1n) is 8.80. The maximum Gasteiger partial charge on any atom is 0.0108 e. The van der Waals surface area contributed by atoms with E-state index in [0.29, 0.717) is 17.5 Å². The van der Waals surface area contributed by atoms with Crippen LogP contribution in [0.25, 0.3) is 0 Å². The molecule has 0 aromatic heterocycles. The van der Waals surface area contributed by atoms with Crippen molar-refractivity contribution in [3.05, 3.63) is 35.9 Å². The number of hydrogen-bond acceptors (Lipinski definition) is 1. The summed E-state index contributed by atoms with van der Waals surface area (Å²) < 4.78 is 0. The lowest BCUT2D eigenvalue weighted by atomic mass is 9.69. The minimum Gasteiger partial charge on any atom is -0.311 e. The molecule has 1 saturated carbocycles. The second-order valence-corrected chi connectivity index (χ2v) is 7.83. The minimum absolute atomic E-state index is 0.420. The van der Waals surface area contributed by atoms with Crippen molar-refractivity contribution in [2.75, 3.05) is 0 Å². The van der Waals surface area contributed by atoms with E-state index in [4.69, 9.17) is 0 Å². The molecule has 0 amide bonds. The molecule has 0 spiro atoms. The van der Waals surface area contributed by atoms with Crippen LogP contribution in [0, 0.1) is 11.3 Å². The minimum atomic E-state index is 0.420. The highest BCUT2D eigenvalue weighted by Gasteiger charge is 2.34. The molecule has 1 aromatic carbocycles. The van der Waals surface area contributed by atoms with Gasteiger partial charge in [-0.3, -0.25) is 0 Å². The summed E-state index contributed by atoms with van der Waals surface area (Å²) >= 11 is 0. The van der Waals surface area contributed by atoms with E-state index in [1.807, 2.05) is 0 Å². The average Bonchev–Trinajstić information content (AvgIpc) is 2.47. The number of nitrogens with one attached hydrogen (secondary N) is 1. The van der Waals surface area contributed by atoms with Gasteiger partial charge in [-0.05, 0) is 42.6 Å². The highest BCUT2D eigenvalue weighted by atomic mass is 15.0. The van der Waals surface area contributed by atoms with Crippen molar-refractivity contribution in [1.29, 1.82) is 0 Å². The van der Waals surface area contributed by atoms with Gasteiger partial charge in [-0.2, -0.15) is 0 Å². The zero-order chi connectivity index (χ0) is 15.3. The third kappa shape index (κ3) is 4.85. The fourth-order valence-electron chi connectivity index (χ4n) is 3.89. The lowest BCUT2D eigenvalue weighted by Gasteiger charge is -2.42. The smallest absolute Gasteiger partial charge is 0.0108 e. The summed E-state index contributed by atoms with van der Waals surface area (Å²) in [6, 6.07) is 12.2. The first kappa shape index (κ1) is 16.5. The molecule has 3 unspecified atom stereocenters. The van der Waals surface area contributed by atoms with Crippen LogP contribution < -0.4 is 5.32 Å². The van der Waals surface area contributed by atoms with Crippen molar-refractivity contribution in [2.24, 2.45) is 11.3 Å². The van der Waals surface area contributed by atoms with Crippen molar-refractivity contribution in [2.45, 2.75) is 78.3 Å². The molecule has 21 heavy (non-hydrogen) atoms. The number of rotatable bonds is 5. The third-order valence-corrected chi connectivity index (χ3v) is 5.15. The first-order chi connectivity index (χ1) is 10.0. The SMILES string of the molecule is CCC(Cc1ccccc1)NC1CCCCC1C(C)(C)C. The summed E-state index contributed by atoms with van der Waals surface area (Å²) in [5.74, 6) is 0.816. The molecule has 2 rings (SSSR count). The largest absolute Gasteiger partial charge is 0.311 e. The Hall–Kier alpha value is -0.820. The van der Waals surface area contributed by atoms with Crippen LogP contribution in [-0.4, -0.2) is 12.1 Å². The molecular weight excluding hydrogens is 254 g/mol. The molecule has 0 heterocycles.